The molecule has 1 aromatic rings. The monoisotopic (exact) mass is 184 g/mol. The quantitative estimate of drug-likeness (QED) is 0.773. The molecule has 0 saturated carbocycles. The second kappa shape index (κ2) is 4.01. The van der Waals surface area contributed by atoms with Crippen molar-refractivity contribution in [1.29, 1.82) is 0 Å². The highest BCUT2D eigenvalue weighted by atomic mass is 32.1. The highest BCUT2D eigenvalue weighted by molar-refractivity contribution is 7.07. The third kappa shape index (κ3) is 2.91. The Labute approximate surface area is 78.0 Å². The number of nitrogens with zero attached hydrogens (tertiary/aromatic N) is 1. The van der Waals surface area contributed by atoms with E-state index in [2.05, 4.69) is 29.5 Å². The van der Waals surface area contributed by atoms with Gasteiger partial charge in [-0.25, -0.2) is 4.98 Å². The van der Waals surface area contributed by atoms with Crippen molar-refractivity contribution in [3.8, 4) is 0 Å². The Hall–Kier alpha value is -0.410. The van der Waals surface area contributed by atoms with Gasteiger partial charge in [0.05, 0.1) is 11.2 Å². The zero-order valence-corrected chi connectivity index (χ0v) is 8.74. The van der Waals surface area contributed by atoms with Crippen molar-refractivity contribution < 1.29 is 0 Å². The highest BCUT2D eigenvalue weighted by Gasteiger charge is 2.17. The number of hydrogen-bond donors (Lipinski definition) is 1. The van der Waals surface area contributed by atoms with Crippen LogP contribution in [0.25, 0.3) is 0 Å². The van der Waals surface area contributed by atoms with Gasteiger partial charge in [-0.1, -0.05) is 13.8 Å². The maximum absolute atomic E-state index is 4.27. The Morgan fingerprint density at radius 2 is 2.33 bits per heavy atom. The maximum Gasteiger partial charge on any atom is 0.0794 e. The number of rotatable bonds is 4. The van der Waals surface area contributed by atoms with Crippen LogP contribution in [0.15, 0.2) is 10.9 Å². The van der Waals surface area contributed by atoms with Crippen LogP contribution in [-0.2, 0) is 6.42 Å². The van der Waals surface area contributed by atoms with Gasteiger partial charge in [0.15, 0.2) is 0 Å². The van der Waals surface area contributed by atoms with Crippen molar-refractivity contribution >= 4 is 11.3 Å². The molecule has 0 saturated heterocycles. The molecule has 1 N–H and O–H groups in total. The van der Waals surface area contributed by atoms with E-state index in [1.807, 2.05) is 12.6 Å². The van der Waals surface area contributed by atoms with Gasteiger partial charge in [0, 0.05) is 11.9 Å². The third-order valence-corrected chi connectivity index (χ3v) is 2.43. The fourth-order valence-electron chi connectivity index (χ4n) is 1.36. The average Bonchev–Trinajstić information content (AvgIpc) is 2.38. The minimum atomic E-state index is 0.308. The molecular formula is C9H16N2S. The summed E-state index contributed by atoms with van der Waals surface area (Å²) in [6.07, 6.45) is 1.05. The van der Waals surface area contributed by atoms with Crippen LogP contribution in [0, 0.1) is 5.41 Å². The molecule has 0 aliphatic carbocycles. The lowest BCUT2D eigenvalue weighted by molar-refractivity contribution is 0.347. The fraction of sp³-hybridized carbons (Fsp3) is 0.667. The predicted molar refractivity (Wildman–Crippen MR) is 53.5 cm³/mol. The summed E-state index contributed by atoms with van der Waals surface area (Å²) in [5.41, 5.74) is 3.41. The molecule has 0 spiro atoms. The molecule has 3 heteroatoms. The van der Waals surface area contributed by atoms with Gasteiger partial charge in [0.2, 0.25) is 0 Å². The van der Waals surface area contributed by atoms with E-state index >= 15 is 0 Å². The molecule has 2 nitrogen and oxygen atoms in total. The molecule has 0 radical (unpaired) electrons. The van der Waals surface area contributed by atoms with E-state index in [4.69, 9.17) is 0 Å². The van der Waals surface area contributed by atoms with Crippen LogP contribution >= 0.6 is 11.3 Å². The minimum absolute atomic E-state index is 0.308. The SMILES string of the molecule is CNCC(C)(C)Cc1cscn1. The van der Waals surface area contributed by atoms with Crippen LogP contribution in [0.2, 0.25) is 0 Å². The maximum atomic E-state index is 4.27. The van der Waals surface area contributed by atoms with Crippen LogP contribution < -0.4 is 5.32 Å². The van der Waals surface area contributed by atoms with Crippen LogP contribution in [0.3, 0.4) is 0 Å². The molecule has 0 aliphatic heterocycles. The Morgan fingerprint density at radius 1 is 1.58 bits per heavy atom. The van der Waals surface area contributed by atoms with E-state index in [1.54, 1.807) is 11.3 Å². The van der Waals surface area contributed by atoms with E-state index in [0.29, 0.717) is 5.41 Å². The van der Waals surface area contributed by atoms with Crippen LogP contribution in [-0.4, -0.2) is 18.6 Å². The van der Waals surface area contributed by atoms with Crippen LogP contribution in [0.4, 0.5) is 0 Å². The van der Waals surface area contributed by atoms with Crippen molar-refractivity contribution in [3.05, 3.63) is 16.6 Å². The highest BCUT2D eigenvalue weighted by Crippen LogP contribution is 2.20. The molecule has 0 aliphatic rings. The molecule has 1 heterocycles. The second-order valence-electron chi connectivity index (χ2n) is 3.85. The topological polar surface area (TPSA) is 24.9 Å². The second-order valence-corrected chi connectivity index (χ2v) is 4.57. The van der Waals surface area contributed by atoms with Crippen LogP contribution in [0.1, 0.15) is 19.5 Å². The van der Waals surface area contributed by atoms with Crippen molar-refractivity contribution in [1.82, 2.24) is 10.3 Å². The van der Waals surface area contributed by atoms with E-state index < -0.39 is 0 Å². The molecule has 0 unspecified atom stereocenters. The van der Waals surface area contributed by atoms with Crippen LogP contribution in [0.5, 0.6) is 0 Å². The summed E-state index contributed by atoms with van der Waals surface area (Å²) in [6.45, 7) is 5.54. The summed E-state index contributed by atoms with van der Waals surface area (Å²) in [5, 5.41) is 5.32. The zero-order valence-electron chi connectivity index (χ0n) is 7.92. The van der Waals surface area contributed by atoms with E-state index in [9.17, 15) is 0 Å². The molecule has 68 valence electrons. The summed E-state index contributed by atoms with van der Waals surface area (Å²) in [7, 11) is 1.99. The van der Waals surface area contributed by atoms with Crippen molar-refractivity contribution in [2.45, 2.75) is 20.3 Å². The smallest absolute Gasteiger partial charge is 0.0794 e. The summed E-state index contributed by atoms with van der Waals surface area (Å²) in [4.78, 5) is 4.27. The zero-order chi connectivity index (χ0) is 9.03. The lowest BCUT2D eigenvalue weighted by atomic mass is 9.88. The molecule has 0 atom stereocenters. The summed E-state index contributed by atoms with van der Waals surface area (Å²) in [6, 6.07) is 0. The van der Waals surface area contributed by atoms with Crippen molar-refractivity contribution in [3.63, 3.8) is 0 Å². The Bertz CT molecular complexity index is 216. The molecule has 12 heavy (non-hydrogen) atoms. The van der Waals surface area contributed by atoms with Gasteiger partial charge in [0.25, 0.3) is 0 Å². The molecule has 1 aromatic heterocycles. The van der Waals surface area contributed by atoms with Gasteiger partial charge >= 0.3 is 0 Å². The van der Waals surface area contributed by atoms with Gasteiger partial charge in [-0.2, -0.15) is 0 Å². The number of hydrogen-bond acceptors (Lipinski definition) is 3. The van der Waals surface area contributed by atoms with Gasteiger partial charge in [-0.05, 0) is 18.9 Å². The number of nitrogens with one attached hydrogen (secondary N) is 1. The van der Waals surface area contributed by atoms with Crippen molar-refractivity contribution in [2.75, 3.05) is 13.6 Å². The Kier molecular flexibility index (Phi) is 3.23. The predicted octanol–water partition coefficient (Wildman–Crippen LogP) is 1.93. The molecule has 0 bridgehead atoms. The van der Waals surface area contributed by atoms with E-state index in [-0.39, 0.29) is 0 Å². The molecule has 0 fully saturated rings. The van der Waals surface area contributed by atoms with Crippen molar-refractivity contribution in [2.24, 2.45) is 5.41 Å². The first-order valence-electron chi connectivity index (χ1n) is 4.16. The molecule has 0 amide bonds. The van der Waals surface area contributed by atoms with Gasteiger partial charge in [0.1, 0.15) is 0 Å². The minimum Gasteiger partial charge on any atom is -0.319 e. The van der Waals surface area contributed by atoms with E-state index in [1.165, 1.54) is 5.69 Å². The van der Waals surface area contributed by atoms with E-state index in [0.717, 1.165) is 13.0 Å². The van der Waals surface area contributed by atoms with Gasteiger partial charge < -0.3 is 5.32 Å². The average molecular weight is 184 g/mol. The Morgan fingerprint density at radius 3 is 2.83 bits per heavy atom. The number of thiazole rings is 1. The number of aromatic nitrogens is 1. The first-order valence-corrected chi connectivity index (χ1v) is 5.10. The first-order chi connectivity index (χ1) is 5.64. The first kappa shape index (κ1) is 9.68. The molecular weight excluding hydrogens is 168 g/mol. The standard InChI is InChI=1S/C9H16N2S/c1-9(2,6-10-3)4-8-5-12-7-11-8/h5,7,10H,4,6H2,1-3H3. The lowest BCUT2D eigenvalue weighted by Crippen LogP contribution is -2.28. The van der Waals surface area contributed by atoms with Gasteiger partial charge in [-0.15, -0.1) is 11.3 Å². The fourth-order valence-corrected chi connectivity index (χ4v) is 1.91. The lowest BCUT2D eigenvalue weighted by Gasteiger charge is -2.22. The Balaban J connectivity index is 2.50. The molecule has 0 aromatic carbocycles. The molecule has 1 rings (SSSR count). The summed E-state index contributed by atoms with van der Waals surface area (Å²) < 4.78 is 0. The third-order valence-electron chi connectivity index (χ3n) is 1.80. The normalized spacial score (nSPS) is 11.9. The largest absolute Gasteiger partial charge is 0.319 e. The summed E-state index contributed by atoms with van der Waals surface area (Å²) in [5.74, 6) is 0. The van der Waals surface area contributed by atoms with Gasteiger partial charge in [-0.3, -0.25) is 0 Å². The summed E-state index contributed by atoms with van der Waals surface area (Å²) >= 11 is 1.67.